The number of anilines is 1. The fourth-order valence-electron chi connectivity index (χ4n) is 1.97. The molecule has 0 aliphatic rings. The first-order chi connectivity index (χ1) is 12.7. The van der Waals surface area contributed by atoms with Crippen molar-refractivity contribution in [1.29, 1.82) is 0 Å². The van der Waals surface area contributed by atoms with Crippen molar-refractivity contribution in [1.82, 2.24) is 4.98 Å². The molecule has 7 nitrogen and oxygen atoms in total. The summed E-state index contributed by atoms with van der Waals surface area (Å²) in [6, 6.07) is 0. The molecule has 0 radical (unpaired) electrons. The van der Waals surface area contributed by atoms with Crippen LogP contribution in [0.5, 0.6) is 0 Å². The number of halogens is 1. The van der Waals surface area contributed by atoms with E-state index in [-0.39, 0.29) is 39.5 Å². The summed E-state index contributed by atoms with van der Waals surface area (Å²) in [7, 11) is 1.12. The van der Waals surface area contributed by atoms with Gasteiger partial charge in [0.15, 0.2) is 5.69 Å². The number of nitrogens with one attached hydrogen (secondary N) is 1. The summed E-state index contributed by atoms with van der Waals surface area (Å²) in [6.07, 6.45) is 0. The number of ether oxygens (including phenoxy) is 3. The van der Waals surface area contributed by atoms with Crippen LogP contribution in [0.25, 0.3) is 5.76 Å². The first-order valence-corrected chi connectivity index (χ1v) is 8.16. The summed E-state index contributed by atoms with van der Waals surface area (Å²) >= 11 is 3.14. The second kappa shape index (κ2) is 8.33. The van der Waals surface area contributed by atoms with E-state index in [1.165, 1.54) is 0 Å². The van der Waals surface area contributed by atoms with Crippen LogP contribution in [0.15, 0.2) is 11.2 Å². The van der Waals surface area contributed by atoms with E-state index in [0.717, 1.165) is 7.11 Å². The zero-order valence-electron chi connectivity index (χ0n) is 17.8. The highest BCUT2D eigenvalue weighted by molar-refractivity contribution is 9.10. The van der Waals surface area contributed by atoms with Crippen LogP contribution in [0.3, 0.4) is 0 Å². The maximum Gasteiger partial charge on any atom is 0.358 e. The van der Waals surface area contributed by atoms with Crippen molar-refractivity contribution < 1.29 is 27.9 Å². The molecule has 0 bridgehead atoms. The largest absolute Gasteiger partial charge is 0.494 e. The van der Waals surface area contributed by atoms with Crippen molar-refractivity contribution in [2.45, 2.75) is 33.3 Å². The minimum Gasteiger partial charge on any atom is -0.494 e. The molecule has 8 heteroatoms. The van der Waals surface area contributed by atoms with Gasteiger partial charge in [0.05, 0.1) is 25.0 Å². The summed E-state index contributed by atoms with van der Waals surface area (Å²) < 4.78 is 37.9. The average Bonchev–Trinajstić information content (AvgIpc) is 2.52. The molecule has 25 heavy (non-hydrogen) atoms. The number of methoxy groups -OCH3 is 1. The smallest absolute Gasteiger partial charge is 0.358 e. The van der Waals surface area contributed by atoms with Gasteiger partial charge in [-0.25, -0.2) is 14.6 Å². The van der Waals surface area contributed by atoms with Gasteiger partial charge >= 0.3 is 11.9 Å². The highest BCUT2D eigenvalue weighted by Crippen LogP contribution is 2.35. The van der Waals surface area contributed by atoms with Crippen LogP contribution >= 0.6 is 15.9 Å². The van der Waals surface area contributed by atoms with Gasteiger partial charge in [0, 0.05) is 11.1 Å². The molecular formula is C17H23BrN2O5. The molecule has 0 aliphatic heterocycles. The molecule has 138 valence electrons. The summed E-state index contributed by atoms with van der Waals surface area (Å²) in [6.45, 7) is 7.97. The molecule has 0 saturated heterocycles. The molecule has 0 unspecified atom stereocenters. The number of aromatic nitrogens is 1. The number of pyridine rings is 1. The molecule has 0 saturated carbocycles. The highest BCUT2D eigenvalue weighted by Gasteiger charge is 2.32. The Morgan fingerprint density at radius 2 is 1.96 bits per heavy atom. The maximum absolute atomic E-state index is 12.7. The Bertz CT molecular complexity index is 788. The van der Waals surface area contributed by atoms with Gasteiger partial charge in [-0.15, -0.1) is 0 Å². The SMILES string of the molecule is [2H]C([2H])([2H])Nc1c(Br)nc(C(=O)OC(C)(C)C)c(C(=O)OC)c1C(=C)OCC. The van der Waals surface area contributed by atoms with Gasteiger partial charge in [-0.1, -0.05) is 6.58 Å². The zero-order chi connectivity index (χ0) is 21.9. The first kappa shape index (κ1) is 16.4. The molecule has 0 amide bonds. The molecular weight excluding hydrogens is 392 g/mol. The van der Waals surface area contributed by atoms with Crippen molar-refractivity contribution in [2.24, 2.45) is 0 Å². The molecule has 1 aromatic heterocycles. The van der Waals surface area contributed by atoms with Crippen molar-refractivity contribution in [3.05, 3.63) is 28.0 Å². The number of nitrogens with zero attached hydrogens (tertiary/aromatic N) is 1. The third kappa shape index (κ3) is 4.94. The topological polar surface area (TPSA) is 86.8 Å². The summed E-state index contributed by atoms with van der Waals surface area (Å²) in [5.74, 6) is -1.85. The van der Waals surface area contributed by atoms with Gasteiger partial charge in [0.2, 0.25) is 0 Å². The third-order valence-corrected chi connectivity index (χ3v) is 3.43. The molecule has 0 aromatic carbocycles. The van der Waals surface area contributed by atoms with Gasteiger partial charge in [0.1, 0.15) is 21.5 Å². The van der Waals surface area contributed by atoms with Crippen LogP contribution in [0.1, 0.15) is 58.2 Å². The lowest BCUT2D eigenvalue weighted by molar-refractivity contribution is 0.00580. The van der Waals surface area contributed by atoms with Gasteiger partial charge in [-0.2, -0.15) is 0 Å². The van der Waals surface area contributed by atoms with Crippen molar-refractivity contribution >= 4 is 39.3 Å². The Morgan fingerprint density at radius 1 is 1.32 bits per heavy atom. The first-order valence-electron chi connectivity index (χ1n) is 8.87. The number of hydrogen-bond acceptors (Lipinski definition) is 7. The number of carbonyl (C=O) groups is 2. The second-order valence-corrected chi connectivity index (χ2v) is 6.60. The van der Waals surface area contributed by atoms with Gasteiger partial charge in [-0.05, 0) is 43.6 Å². The second-order valence-electron chi connectivity index (χ2n) is 5.85. The monoisotopic (exact) mass is 417 g/mol. The minimum absolute atomic E-state index is 0.0343. The molecule has 0 aliphatic carbocycles. The van der Waals surface area contributed by atoms with E-state index < -0.39 is 24.5 Å². The predicted molar refractivity (Wildman–Crippen MR) is 98.7 cm³/mol. The third-order valence-electron chi connectivity index (χ3n) is 2.86. The average molecular weight is 418 g/mol. The quantitative estimate of drug-likeness (QED) is 0.429. The Hall–Kier alpha value is -2.09. The standard InChI is InChI=1S/C17H23BrN2O5/c1-8-24-9(2)10-11(15(21)23-7)13(16(22)25-17(3,4)5)20-14(18)12(10)19-6/h19H,2,8H2,1,3-7H3/i6D3. The molecule has 0 spiro atoms. The van der Waals surface area contributed by atoms with Crippen molar-refractivity contribution in [3.63, 3.8) is 0 Å². The van der Waals surface area contributed by atoms with Crippen LogP contribution < -0.4 is 5.32 Å². The molecule has 1 rings (SSSR count). The number of carbonyl (C=O) groups excluding carboxylic acids is 2. The Labute approximate surface area is 160 Å². The normalized spacial score (nSPS) is 13.1. The lowest BCUT2D eigenvalue weighted by Gasteiger charge is -2.22. The number of hydrogen-bond donors (Lipinski definition) is 1. The van der Waals surface area contributed by atoms with E-state index in [1.807, 2.05) is 0 Å². The van der Waals surface area contributed by atoms with E-state index in [1.54, 1.807) is 27.7 Å². The molecule has 1 heterocycles. The maximum atomic E-state index is 12.7. The van der Waals surface area contributed by atoms with Gasteiger partial charge < -0.3 is 19.5 Å². The number of rotatable bonds is 6. The van der Waals surface area contributed by atoms with Crippen molar-refractivity contribution in [2.75, 3.05) is 26.0 Å². The van der Waals surface area contributed by atoms with Crippen LogP contribution in [-0.2, 0) is 14.2 Å². The Kier molecular flexibility index (Phi) is 5.46. The number of esters is 2. The Balaban J connectivity index is 3.87. The van der Waals surface area contributed by atoms with Crippen molar-refractivity contribution in [3.8, 4) is 0 Å². The highest BCUT2D eigenvalue weighted by atomic mass is 79.9. The summed E-state index contributed by atoms with van der Waals surface area (Å²) in [5, 5.41) is 2.28. The van der Waals surface area contributed by atoms with Crippen LogP contribution in [0.2, 0.25) is 0 Å². The van der Waals surface area contributed by atoms with Crippen LogP contribution in [-0.4, -0.2) is 43.2 Å². The Morgan fingerprint density at radius 3 is 2.44 bits per heavy atom. The van der Waals surface area contributed by atoms with Crippen LogP contribution in [0, 0.1) is 0 Å². The fourth-order valence-corrected chi connectivity index (χ4v) is 2.45. The molecule has 0 atom stereocenters. The minimum atomic E-state index is -2.62. The lowest BCUT2D eigenvalue weighted by atomic mass is 10.0. The van der Waals surface area contributed by atoms with Gasteiger partial charge in [-0.3, -0.25) is 0 Å². The van der Waals surface area contributed by atoms with E-state index in [2.05, 4.69) is 32.8 Å². The van der Waals surface area contributed by atoms with E-state index in [0.29, 0.717) is 0 Å². The van der Waals surface area contributed by atoms with E-state index in [4.69, 9.17) is 18.3 Å². The zero-order valence-corrected chi connectivity index (χ0v) is 16.4. The van der Waals surface area contributed by atoms with E-state index >= 15 is 0 Å². The summed E-state index contributed by atoms with van der Waals surface area (Å²) in [4.78, 5) is 29.2. The lowest BCUT2D eigenvalue weighted by Crippen LogP contribution is -2.27. The predicted octanol–water partition coefficient (Wildman–Crippen LogP) is 3.63. The van der Waals surface area contributed by atoms with Gasteiger partial charge in [0.25, 0.3) is 0 Å². The van der Waals surface area contributed by atoms with E-state index in [9.17, 15) is 9.59 Å². The molecule has 0 fully saturated rings. The van der Waals surface area contributed by atoms with Crippen LogP contribution in [0.4, 0.5) is 5.69 Å². The molecule has 1 N–H and O–H groups in total. The summed E-state index contributed by atoms with van der Waals surface area (Å²) in [5.41, 5.74) is -1.69. The fraction of sp³-hybridized carbons (Fsp3) is 0.471. The molecule has 1 aromatic rings.